The van der Waals surface area contributed by atoms with Crippen LogP contribution < -0.4 is 28.4 Å². The molecular formula is C90H93N3O15. The normalized spacial score (nSPS) is 15.2. The minimum absolute atomic E-state index is 0.0268. The number of benzene rings is 9. The van der Waals surface area contributed by atoms with Crippen LogP contribution in [-0.4, -0.2) is 125 Å². The number of rotatable bonds is 15. The van der Waals surface area contributed by atoms with Crippen LogP contribution in [0.4, 0.5) is 0 Å². The van der Waals surface area contributed by atoms with Crippen molar-refractivity contribution in [2.75, 3.05) is 59.3 Å². The Labute approximate surface area is 630 Å². The Morgan fingerprint density at radius 2 is 0.546 bits per heavy atom. The van der Waals surface area contributed by atoms with E-state index in [1.165, 1.54) is 33.4 Å². The second-order valence-electron chi connectivity index (χ2n) is 29.4. The molecule has 3 atom stereocenters. The van der Waals surface area contributed by atoms with Gasteiger partial charge in [0.25, 0.3) is 17.7 Å². The van der Waals surface area contributed by atoms with E-state index in [9.17, 15) is 44.1 Å². The second kappa shape index (κ2) is 32.4. The molecule has 558 valence electrons. The van der Waals surface area contributed by atoms with Gasteiger partial charge in [0, 0.05) is 73.7 Å². The van der Waals surface area contributed by atoms with Crippen molar-refractivity contribution in [3.8, 4) is 34.5 Å². The summed E-state index contributed by atoms with van der Waals surface area (Å²) in [6.07, 6.45) is 2.22. The Bertz CT molecular complexity index is 4530. The summed E-state index contributed by atoms with van der Waals surface area (Å²) >= 11 is 0. The van der Waals surface area contributed by atoms with Crippen LogP contribution in [0.3, 0.4) is 0 Å². The predicted molar refractivity (Wildman–Crippen MR) is 411 cm³/mol. The first-order valence-corrected chi connectivity index (χ1v) is 37.2. The monoisotopic (exact) mass is 1460 g/mol. The molecule has 18 nitrogen and oxygen atoms in total. The lowest BCUT2D eigenvalue weighted by Gasteiger charge is -2.30. The van der Waals surface area contributed by atoms with Crippen LogP contribution in [0.1, 0.15) is 185 Å². The highest BCUT2D eigenvalue weighted by atomic mass is 16.6. The zero-order valence-electron chi connectivity index (χ0n) is 62.9. The third-order valence-electron chi connectivity index (χ3n) is 22.1. The molecule has 0 aliphatic carbocycles. The third-order valence-corrected chi connectivity index (χ3v) is 22.1. The van der Waals surface area contributed by atoms with E-state index in [4.69, 9.17) is 28.4 Å². The number of hydrogen-bond donors (Lipinski definition) is 3. The average molecular weight is 1460 g/mol. The Morgan fingerprint density at radius 3 is 0.787 bits per heavy atom. The van der Waals surface area contributed by atoms with E-state index >= 15 is 0 Å². The maximum atomic E-state index is 13.3. The smallest absolute Gasteiger partial charge is 0.304 e. The maximum Gasteiger partial charge on any atom is 0.304 e. The molecule has 3 N–H and O–H groups in total. The first-order valence-electron chi connectivity index (χ1n) is 37.2. The molecule has 108 heavy (non-hydrogen) atoms. The van der Waals surface area contributed by atoms with Crippen molar-refractivity contribution in [2.24, 2.45) is 0 Å². The first kappa shape index (κ1) is 74.9. The molecule has 1 unspecified atom stereocenters. The van der Waals surface area contributed by atoms with Crippen molar-refractivity contribution in [1.82, 2.24) is 14.7 Å². The van der Waals surface area contributed by atoms with Crippen LogP contribution in [0.15, 0.2) is 146 Å². The molecule has 9 aromatic rings. The number of carbonyl (C=O) groups excluding carboxylic acids is 3. The predicted octanol–water partition coefficient (Wildman–Crippen LogP) is 15.6. The summed E-state index contributed by atoms with van der Waals surface area (Å²) in [7, 11) is 0. The van der Waals surface area contributed by atoms with Gasteiger partial charge in [-0.05, 0) is 271 Å². The minimum atomic E-state index is -0.862. The zero-order valence-corrected chi connectivity index (χ0v) is 62.9. The molecule has 0 aromatic heterocycles. The topological polar surface area (TPSA) is 228 Å². The van der Waals surface area contributed by atoms with Gasteiger partial charge in [0.2, 0.25) is 0 Å². The van der Waals surface area contributed by atoms with Gasteiger partial charge in [-0.2, -0.15) is 0 Å². The van der Waals surface area contributed by atoms with Gasteiger partial charge in [-0.1, -0.05) is 72.8 Å². The van der Waals surface area contributed by atoms with Crippen molar-refractivity contribution in [2.45, 2.75) is 138 Å². The maximum absolute atomic E-state index is 13.3. The van der Waals surface area contributed by atoms with Crippen LogP contribution in [0.2, 0.25) is 0 Å². The third kappa shape index (κ3) is 16.7. The molecule has 15 rings (SSSR count). The molecule has 6 heterocycles. The molecule has 0 saturated heterocycles. The molecule has 6 aliphatic rings. The van der Waals surface area contributed by atoms with Crippen molar-refractivity contribution < 1.29 is 72.5 Å². The summed E-state index contributed by atoms with van der Waals surface area (Å²) in [5.74, 6) is 0.527. The number of carboxylic acids is 3. The van der Waals surface area contributed by atoms with E-state index in [2.05, 4.69) is 36.4 Å². The van der Waals surface area contributed by atoms with E-state index in [1.54, 1.807) is 0 Å². The van der Waals surface area contributed by atoms with Gasteiger partial charge in [-0.3, -0.25) is 28.8 Å². The lowest BCUT2D eigenvalue weighted by atomic mass is 9.83. The van der Waals surface area contributed by atoms with Gasteiger partial charge in [0.1, 0.15) is 39.6 Å². The zero-order chi connectivity index (χ0) is 76.2. The van der Waals surface area contributed by atoms with E-state index in [0.717, 1.165) is 103 Å². The quantitative estimate of drug-likeness (QED) is 0.0867. The largest absolute Gasteiger partial charge is 0.486 e. The molecule has 3 amide bonds. The van der Waals surface area contributed by atoms with Gasteiger partial charge in [-0.25, -0.2) is 0 Å². The summed E-state index contributed by atoms with van der Waals surface area (Å²) < 4.78 is 34.5. The van der Waals surface area contributed by atoms with E-state index in [1.807, 2.05) is 186 Å². The summed E-state index contributed by atoms with van der Waals surface area (Å²) in [6.45, 7) is 24.6. The molecule has 9 aromatic carbocycles. The molecule has 0 fully saturated rings. The van der Waals surface area contributed by atoms with Gasteiger partial charge in [0.05, 0.1) is 19.3 Å². The molecule has 0 spiro atoms. The minimum Gasteiger partial charge on any atom is -0.486 e. The fourth-order valence-corrected chi connectivity index (χ4v) is 15.6. The Hall–Kier alpha value is -11.4. The summed E-state index contributed by atoms with van der Waals surface area (Å²) in [5, 5.41) is 29.2. The van der Waals surface area contributed by atoms with Crippen LogP contribution >= 0.6 is 0 Å². The van der Waals surface area contributed by atoms with Crippen LogP contribution in [0.25, 0.3) is 0 Å². The summed E-state index contributed by atoms with van der Waals surface area (Å²) in [6, 6.07) is 47.7. The highest BCUT2D eigenvalue weighted by Crippen LogP contribution is 2.44. The van der Waals surface area contributed by atoms with Crippen LogP contribution in [0.5, 0.6) is 34.5 Å². The number of aliphatic carboxylic acids is 3. The van der Waals surface area contributed by atoms with Crippen LogP contribution in [-0.2, 0) is 53.3 Å². The van der Waals surface area contributed by atoms with E-state index in [-0.39, 0.29) is 54.7 Å². The van der Waals surface area contributed by atoms with Gasteiger partial charge < -0.3 is 58.4 Å². The fourth-order valence-electron chi connectivity index (χ4n) is 15.6. The van der Waals surface area contributed by atoms with E-state index in [0.29, 0.717) is 130 Å². The average Bonchev–Trinajstić information content (AvgIpc) is 0.780. The van der Waals surface area contributed by atoms with Gasteiger partial charge in [0.15, 0.2) is 34.5 Å². The highest BCUT2D eigenvalue weighted by Gasteiger charge is 2.32. The molecule has 0 radical (unpaired) electrons. The van der Waals surface area contributed by atoms with Crippen molar-refractivity contribution >= 4 is 35.6 Å². The number of amides is 3. The number of nitrogens with zero attached hydrogens (tertiary/aromatic N) is 3. The molecule has 0 saturated carbocycles. The summed E-state index contributed by atoms with van der Waals surface area (Å²) in [4.78, 5) is 81.1. The standard InChI is InChI=1S/3C30H31NO5/c3*1-18-4-5-23(12-19(18)2)30(34)31-9-8-21-6-7-22(14-24(21)17-31)26(16-29(32)33)25-15-28-27(13-20(25)3)35-10-11-36-28/h3*4-7,12-15,26H,8-11,16-17H2,1-3H3,(H,32,33)/t2*26-;/m10./s1. The van der Waals surface area contributed by atoms with Crippen molar-refractivity contribution in [1.29, 1.82) is 0 Å². The Balaban J connectivity index is 0.000000143. The molecular weight excluding hydrogens is 1360 g/mol. The van der Waals surface area contributed by atoms with Crippen molar-refractivity contribution in [3.05, 3.63) is 279 Å². The Morgan fingerprint density at radius 1 is 0.296 bits per heavy atom. The SMILES string of the molecule is Cc1ccc(C(=O)N2CCc3ccc(C(CC(=O)O)c4cc5c(cc4C)OCCO5)cc3C2)cc1C.Cc1ccc(C(=O)N2CCc3ccc([C@@H](CC(=O)O)c4cc5c(cc4C)OCCO5)cc3C2)cc1C.Cc1ccc(C(=O)N2CCc3ccc([C@H](CC(=O)O)c4cc5c(cc4C)OCCO5)cc3C2)cc1C. The summed E-state index contributed by atoms with van der Waals surface area (Å²) in [5.41, 5.74) is 24.2. The lowest BCUT2D eigenvalue weighted by Crippen LogP contribution is -2.36. The van der Waals surface area contributed by atoms with Gasteiger partial charge >= 0.3 is 17.9 Å². The molecule has 0 bridgehead atoms. The number of ether oxygens (including phenoxy) is 6. The highest BCUT2D eigenvalue weighted by molar-refractivity contribution is 5.96. The number of carbonyl (C=O) groups is 6. The van der Waals surface area contributed by atoms with Gasteiger partial charge in [-0.15, -0.1) is 0 Å². The number of aryl methyl sites for hydroxylation is 9. The first-order chi connectivity index (χ1) is 51.9. The lowest BCUT2D eigenvalue weighted by molar-refractivity contribution is -0.138. The van der Waals surface area contributed by atoms with E-state index < -0.39 is 17.9 Å². The number of carboxylic acid groups (broad SMARTS) is 3. The molecule has 18 heteroatoms. The van der Waals surface area contributed by atoms with Crippen LogP contribution in [0, 0.1) is 62.3 Å². The number of fused-ring (bicyclic) bond motifs is 6. The van der Waals surface area contributed by atoms with Crippen molar-refractivity contribution in [3.63, 3.8) is 0 Å². The molecule has 6 aliphatic heterocycles. The Kier molecular flexibility index (Phi) is 22.4. The fraction of sp³-hybridized carbons (Fsp3) is 0.333. The second-order valence-corrected chi connectivity index (χ2v) is 29.4. The number of hydrogen-bond acceptors (Lipinski definition) is 12.